The van der Waals surface area contributed by atoms with Crippen molar-refractivity contribution in [1.29, 1.82) is 0 Å². The van der Waals surface area contributed by atoms with Crippen LogP contribution in [0.4, 0.5) is 0 Å². The zero-order valence-electron chi connectivity index (χ0n) is 31.9. The average Bonchev–Trinajstić information content (AvgIpc) is 3.35. The second-order valence-electron chi connectivity index (χ2n) is 13.7. The van der Waals surface area contributed by atoms with Crippen LogP contribution in [-0.2, 0) is 0 Å². The van der Waals surface area contributed by atoms with Crippen molar-refractivity contribution in [2.45, 2.75) is 0 Å². The zero-order valence-corrected chi connectivity index (χ0v) is 31.9. The van der Waals surface area contributed by atoms with E-state index in [1.54, 1.807) is 18.6 Å². The number of aromatic nitrogens is 10. The fourth-order valence-corrected chi connectivity index (χ4v) is 6.82. The Morgan fingerprint density at radius 2 is 0.400 bits per heavy atom. The number of rotatable bonds is 9. The predicted octanol–water partition coefficient (Wildman–Crippen LogP) is 10.6. The van der Waals surface area contributed by atoms with Gasteiger partial charge in [0.15, 0.2) is 0 Å². The first kappa shape index (κ1) is 35.9. The molecule has 0 atom stereocenters. The van der Waals surface area contributed by atoms with E-state index < -0.39 is 0 Å². The second-order valence-corrected chi connectivity index (χ2v) is 13.7. The molecule has 10 aromatic rings. The molecule has 10 aromatic heterocycles. The summed E-state index contributed by atoms with van der Waals surface area (Å²) < 4.78 is 0. The van der Waals surface area contributed by atoms with Gasteiger partial charge in [-0.15, -0.1) is 0 Å². The largest absolute Gasteiger partial charge is 0.255 e. The van der Waals surface area contributed by atoms with Gasteiger partial charge in [-0.25, -0.2) is 34.9 Å². The summed E-state index contributed by atoms with van der Waals surface area (Å²) in [5.41, 5.74) is 13.2. The molecule has 0 saturated carbocycles. The maximum atomic E-state index is 5.19. The molecular weight excluding hydrogens is 741 g/mol. The van der Waals surface area contributed by atoms with E-state index in [4.69, 9.17) is 34.9 Å². The number of nitrogens with zero attached hydrogens (tertiary/aromatic N) is 10. The van der Waals surface area contributed by atoms with Gasteiger partial charge < -0.3 is 0 Å². The van der Waals surface area contributed by atoms with Gasteiger partial charge in [-0.05, 0) is 121 Å². The average molecular weight is 773 g/mol. The molecule has 0 saturated heterocycles. The predicted molar refractivity (Wildman–Crippen MR) is 233 cm³/mol. The molecule has 0 N–H and O–H groups in total. The van der Waals surface area contributed by atoms with Crippen LogP contribution in [0.3, 0.4) is 0 Å². The molecule has 0 radical (unpaired) electrons. The van der Waals surface area contributed by atoms with Gasteiger partial charge in [0.25, 0.3) is 0 Å². The van der Waals surface area contributed by atoms with Gasteiger partial charge in [0.2, 0.25) is 0 Å². The SMILES string of the molecule is c1ccc(-c2cccc(-c3cccc(-c4cc(-c5cccc(-c6cccc(-c7ccccn7)n6)n5)nc(-c5cccc(-c6cccc(-c7ccccn7)n6)n5)c4)n3)n2)nc1. The summed E-state index contributed by atoms with van der Waals surface area (Å²) in [6, 6.07) is 56.7. The maximum Gasteiger partial charge on any atom is 0.0901 e. The number of pyridine rings is 10. The van der Waals surface area contributed by atoms with Crippen LogP contribution in [-0.4, -0.2) is 49.8 Å². The Balaban J connectivity index is 1.07. The highest BCUT2D eigenvalue weighted by Gasteiger charge is 2.16. The van der Waals surface area contributed by atoms with E-state index in [9.17, 15) is 0 Å². The summed E-state index contributed by atoms with van der Waals surface area (Å²) in [4.78, 5) is 48.8. The lowest BCUT2D eigenvalue weighted by atomic mass is 10.1. The Kier molecular flexibility index (Phi) is 9.67. The Hall–Kier alpha value is -8.50. The molecular formula is C50H32N10. The van der Waals surface area contributed by atoms with Crippen molar-refractivity contribution in [3.05, 3.63) is 195 Å². The molecule has 0 aliphatic carbocycles. The summed E-state index contributed by atoms with van der Waals surface area (Å²) in [7, 11) is 0. The van der Waals surface area contributed by atoms with Crippen LogP contribution in [0.1, 0.15) is 0 Å². The van der Waals surface area contributed by atoms with Gasteiger partial charge in [0.05, 0.1) is 96.8 Å². The van der Waals surface area contributed by atoms with Gasteiger partial charge >= 0.3 is 0 Å². The van der Waals surface area contributed by atoms with Gasteiger partial charge in [-0.3, -0.25) is 15.0 Å². The van der Waals surface area contributed by atoms with Crippen LogP contribution >= 0.6 is 0 Å². The van der Waals surface area contributed by atoms with Crippen molar-refractivity contribution in [3.8, 4) is 102 Å². The highest BCUT2D eigenvalue weighted by atomic mass is 14.9. The molecule has 10 rings (SSSR count). The Bertz CT molecular complexity index is 2760. The van der Waals surface area contributed by atoms with E-state index >= 15 is 0 Å². The van der Waals surface area contributed by atoms with Crippen LogP contribution in [0.25, 0.3) is 102 Å². The molecule has 0 aliphatic rings. The van der Waals surface area contributed by atoms with Crippen LogP contribution in [0.15, 0.2) is 195 Å². The Morgan fingerprint density at radius 1 is 0.183 bits per heavy atom. The van der Waals surface area contributed by atoms with Crippen molar-refractivity contribution < 1.29 is 0 Å². The molecule has 10 heteroatoms. The topological polar surface area (TPSA) is 129 Å². The van der Waals surface area contributed by atoms with Crippen molar-refractivity contribution in [2.75, 3.05) is 0 Å². The molecule has 0 bridgehead atoms. The molecule has 0 amide bonds. The van der Waals surface area contributed by atoms with Crippen molar-refractivity contribution in [2.24, 2.45) is 0 Å². The third kappa shape index (κ3) is 7.63. The van der Waals surface area contributed by atoms with Crippen LogP contribution in [0.2, 0.25) is 0 Å². The molecule has 10 heterocycles. The van der Waals surface area contributed by atoms with E-state index in [1.807, 2.05) is 176 Å². The lowest BCUT2D eigenvalue weighted by molar-refractivity contribution is 1.18. The minimum Gasteiger partial charge on any atom is -0.255 e. The summed E-state index contributed by atoms with van der Waals surface area (Å²) in [6.45, 7) is 0. The lowest BCUT2D eigenvalue weighted by Gasteiger charge is -2.12. The second kappa shape index (κ2) is 16.2. The highest BCUT2D eigenvalue weighted by Crippen LogP contribution is 2.32. The molecule has 0 spiro atoms. The van der Waals surface area contributed by atoms with E-state index in [-0.39, 0.29) is 0 Å². The van der Waals surface area contributed by atoms with Gasteiger partial charge in [-0.2, -0.15) is 0 Å². The lowest BCUT2D eigenvalue weighted by Crippen LogP contribution is -1.98. The van der Waals surface area contributed by atoms with Crippen molar-refractivity contribution in [3.63, 3.8) is 0 Å². The summed E-state index contributed by atoms with van der Waals surface area (Å²) >= 11 is 0. The Labute approximate surface area is 345 Å². The molecule has 0 aliphatic heterocycles. The minimum atomic E-state index is 0.648. The van der Waals surface area contributed by atoms with E-state index in [1.165, 1.54) is 0 Å². The molecule has 0 unspecified atom stereocenters. The smallest absolute Gasteiger partial charge is 0.0901 e. The van der Waals surface area contributed by atoms with Crippen LogP contribution in [0.5, 0.6) is 0 Å². The molecule has 0 aromatic carbocycles. The summed E-state index contributed by atoms with van der Waals surface area (Å²) in [6.07, 6.45) is 5.29. The van der Waals surface area contributed by atoms with Crippen molar-refractivity contribution >= 4 is 0 Å². The minimum absolute atomic E-state index is 0.648. The third-order valence-corrected chi connectivity index (χ3v) is 9.71. The zero-order chi connectivity index (χ0) is 40.1. The first-order valence-electron chi connectivity index (χ1n) is 19.3. The first-order valence-corrected chi connectivity index (χ1v) is 19.3. The van der Waals surface area contributed by atoms with E-state index in [0.717, 1.165) is 68.2 Å². The number of hydrogen-bond acceptors (Lipinski definition) is 10. The fourth-order valence-electron chi connectivity index (χ4n) is 6.82. The van der Waals surface area contributed by atoms with Gasteiger partial charge in [0.1, 0.15) is 0 Å². The maximum absolute atomic E-state index is 5.19. The highest BCUT2D eigenvalue weighted by molar-refractivity contribution is 5.76. The third-order valence-electron chi connectivity index (χ3n) is 9.71. The molecule has 60 heavy (non-hydrogen) atoms. The molecule has 282 valence electrons. The Morgan fingerprint density at radius 3 is 0.683 bits per heavy atom. The van der Waals surface area contributed by atoms with Crippen molar-refractivity contribution in [1.82, 2.24) is 49.8 Å². The number of hydrogen-bond donors (Lipinski definition) is 0. The first-order chi connectivity index (χ1) is 29.7. The van der Waals surface area contributed by atoms with E-state index in [0.29, 0.717) is 34.2 Å². The van der Waals surface area contributed by atoms with E-state index in [2.05, 4.69) is 15.0 Å². The van der Waals surface area contributed by atoms with Crippen LogP contribution < -0.4 is 0 Å². The summed E-state index contributed by atoms with van der Waals surface area (Å²) in [5, 5.41) is 0. The molecule has 10 nitrogen and oxygen atoms in total. The molecule has 0 fully saturated rings. The monoisotopic (exact) mass is 772 g/mol. The van der Waals surface area contributed by atoms with Gasteiger partial charge in [-0.1, -0.05) is 54.6 Å². The fraction of sp³-hybridized carbons (Fsp3) is 0. The van der Waals surface area contributed by atoms with Gasteiger partial charge in [0, 0.05) is 24.2 Å². The summed E-state index contributed by atoms with van der Waals surface area (Å²) in [5.74, 6) is 0. The standard InChI is InChI=1S/C50H32N10/c1-4-28-51-35(13-1)38-17-8-21-42(55-38)41-20-7-16-34(54-41)33-31-49(47-26-11-24-45(58-47)43-22-9-18-39(56-43)36-14-2-5-29-52-36)60-50(32-33)48-27-12-25-46(59-48)44-23-10-19-40(57-44)37-15-3-6-30-53-37/h1-32H. The quantitative estimate of drug-likeness (QED) is 0.140. The van der Waals surface area contributed by atoms with Crippen LogP contribution in [0, 0.1) is 0 Å². The normalized spacial score (nSPS) is 11.0.